The largest absolute Gasteiger partial charge is 0.466 e. The number of unbranched alkanes of at least 4 members (excludes halogenated alkanes) is 48. The van der Waals surface area contributed by atoms with Gasteiger partial charge in [0.2, 0.25) is 5.91 Å². The second-order valence-corrected chi connectivity index (χ2v) is 23.1. The Kier molecular flexibility index (Phi) is 62.4. The summed E-state index contributed by atoms with van der Waals surface area (Å²) in [6.07, 6.45) is 79.2. The summed E-state index contributed by atoms with van der Waals surface area (Å²) in [6, 6.07) is -0.543. The molecule has 1 amide bonds. The van der Waals surface area contributed by atoms with Gasteiger partial charge in [-0.3, -0.25) is 9.59 Å². The normalized spacial score (nSPS) is 12.6. The molecule has 0 rings (SSSR count). The number of allylic oxidation sites excluding steroid dienone is 4. The van der Waals surface area contributed by atoms with Gasteiger partial charge in [-0.05, 0) is 77.0 Å². The van der Waals surface area contributed by atoms with E-state index >= 15 is 0 Å². The molecule has 0 bridgehead atoms. The molecule has 6 heteroatoms. The van der Waals surface area contributed by atoms with Crippen LogP contribution in [0.4, 0.5) is 0 Å². The first-order valence-corrected chi connectivity index (χ1v) is 33.6. The predicted molar refractivity (Wildman–Crippen MR) is 324 cm³/mol. The minimum atomic E-state index is -0.666. The fourth-order valence-corrected chi connectivity index (χ4v) is 10.6. The van der Waals surface area contributed by atoms with Gasteiger partial charge in [0.25, 0.3) is 0 Å². The number of ether oxygens (including phenoxy) is 1. The molecule has 438 valence electrons. The number of hydrogen-bond acceptors (Lipinski definition) is 5. The highest BCUT2D eigenvalue weighted by molar-refractivity contribution is 5.76. The lowest BCUT2D eigenvalue weighted by molar-refractivity contribution is -0.143. The van der Waals surface area contributed by atoms with Crippen LogP contribution in [0.15, 0.2) is 24.3 Å². The molecule has 0 fully saturated rings. The average Bonchev–Trinajstić information content (AvgIpc) is 3.40. The monoisotopic (exact) mass is 1040 g/mol. The Balaban J connectivity index is 3.37. The molecule has 0 heterocycles. The molecule has 0 saturated heterocycles. The van der Waals surface area contributed by atoms with Crippen molar-refractivity contribution in [1.82, 2.24) is 5.32 Å². The van der Waals surface area contributed by atoms with Gasteiger partial charge < -0.3 is 20.3 Å². The molecule has 0 spiro atoms. The first kappa shape index (κ1) is 72.3. The number of rotatable bonds is 63. The summed E-state index contributed by atoms with van der Waals surface area (Å²) in [5, 5.41) is 23.3. The van der Waals surface area contributed by atoms with E-state index in [1.807, 2.05) is 0 Å². The van der Waals surface area contributed by atoms with E-state index < -0.39 is 12.1 Å². The lowest BCUT2D eigenvalue weighted by Gasteiger charge is -2.22. The van der Waals surface area contributed by atoms with Crippen LogP contribution >= 0.6 is 0 Å². The second kappa shape index (κ2) is 63.9. The van der Waals surface area contributed by atoms with Crippen molar-refractivity contribution in [3.05, 3.63) is 24.3 Å². The Morgan fingerprint density at radius 3 is 0.959 bits per heavy atom. The Labute approximate surface area is 462 Å². The fraction of sp³-hybridized carbons (Fsp3) is 0.912. The summed E-state index contributed by atoms with van der Waals surface area (Å²) >= 11 is 0. The molecule has 6 nitrogen and oxygen atoms in total. The van der Waals surface area contributed by atoms with Gasteiger partial charge in [0, 0.05) is 12.8 Å². The van der Waals surface area contributed by atoms with Crippen molar-refractivity contribution in [3.63, 3.8) is 0 Å². The van der Waals surface area contributed by atoms with Crippen molar-refractivity contribution in [1.29, 1.82) is 0 Å². The van der Waals surface area contributed by atoms with Crippen molar-refractivity contribution in [2.24, 2.45) is 0 Å². The molecule has 0 radical (unpaired) electrons. The number of hydrogen-bond donors (Lipinski definition) is 3. The molecule has 3 N–H and O–H groups in total. The molecular formula is C68H131NO5. The van der Waals surface area contributed by atoms with Gasteiger partial charge in [0.15, 0.2) is 0 Å². The number of carbonyl (C=O) groups is 2. The van der Waals surface area contributed by atoms with Gasteiger partial charge in [0.1, 0.15) is 0 Å². The molecule has 0 aromatic heterocycles. The average molecular weight is 1040 g/mol. The van der Waals surface area contributed by atoms with Crippen molar-refractivity contribution in [2.75, 3.05) is 13.2 Å². The highest BCUT2D eigenvalue weighted by atomic mass is 16.5. The maximum Gasteiger partial charge on any atom is 0.305 e. The number of aliphatic hydroxyl groups is 2. The minimum Gasteiger partial charge on any atom is -0.466 e. The third-order valence-electron chi connectivity index (χ3n) is 15.7. The van der Waals surface area contributed by atoms with Crippen molar-refractivity contribution in [2.45, 2.75) is 386 Å². The number of aliphatic hydroxyl groups excluding tert-OH is 2. The van der Waals surface area contributed by atoms with Crippen LogP contribution in [0.1, 0.15) is 373 Å². The van der Waals surface area contributed by atoms with Crippen molar-refractivity contribution < 1.29 is 24.5 Å². The molecule has 74 heavy (non-hydrogen) atoms. The van der Waals surface area contributed by atoms with Gasteiger partial charge >= 0.3 is 5.97 Å². The number of carbonyl (C=O) groups excluding carboxylic acids is 2. The van der Waals surface area contributed by atoms with Crippen LogP contribution in [0.25, 0.3) is 0 Å². The lowest BCUT2D eigenvalue weighted by Crippen LogP contribution is -2.45. The summed E-state index contributed by atoms with van der Waals surface area (Å²) < 4.78 is 5.50. The zero-order valence-corrected chi connectivity index (χ0v) is 50.1. The van der Waals surface area contributed by atoms with Gasteiger partial charge in [0.05, 0.1) is 25.4 Å². The van der Waals surface area contributed by atoms with Gasteiger partial charge in [-0.15, -0.1) is 0 Å². The van der Waals surface area contributed by atoms with Gasteiger partial charge in [-0.2, -0.15) is 0 Å². The standard InChI is InChI=1S/C68H131NO5/c1-3-5-7-9-11-13-15-17-19-20-31-34-38-42-46-50-54-58-62-68(73)74-63-59-55-51-47-43-39-35-32-29-27-25-23-21-22-24-26-28-30-33-37-41-45-49-53-57-61-67(72)69-65(64-70)66(71)60-56-52-48-44-40-36-18-16-14-12-10-8-6-4-2/h19-20,22,24,65-66,70-71H,3-18,21,23,25-64H2,1-2H3,(H,69,72)/b20-19-,24-22-. The van der Waals surface area contributed by atoms with Gasteiger partial charge in [-0.1, -0.05) is 308 Å². The van der Waals surface area contributed by atoms with Crippen LogP contribution < -0.4 is 5.32 Å². The maximum atomic E-state index is 12.5. The van der Waals surface area contributed by atoms with Crippen LogP contribution in [0, 0.1) is 0 Å². The van der Waals surface area contributed by atoms with E-state index in [-0.39, 0.29) is 18.5 Å². The van der Waals surface area contributed by atoms with Crippen LogP contribution in [0.2, 0.25) is 0 Å². The molecule has 0 aliphatic heterocycles. The van der Waals surface area contributed by atoms with Crippen LogP contribution in [0.3, 0.4) is 0 Å². The molecule has 0 aliphatic carbocycles. The van der Waals surface area contributed by atoms with Crippen molar-refractivity contribution >= 4 is 11.9 Å². The Bertz CT molecular complexity index is 1150. The smallest absolute Gasteiger partial charge is 0.305 e. The Morgan fingerprint density at radius 1 is 0.365 bits per heavy atom. The summed E-state index contributed by atoms with van der Waals surface area (Å²) in [5.41, 5.74) is 0. The maximum absolute atomic E-state index is 12.5. The summed E-state index contributed by atoms with van der Waals surface area (Å²) in [4.78, 5) is 24.6. The summed E-state index contributed by atoms with van der Waals surface area (Å²) in [7, 11) is 0. The Morgan fingerprint density at radius 2 is 0.635 bits per heavy atom. The highest BCUT2D eigenvalue weighted by Crippen LogP contribution is 2.18. The quantitative estimate of drug-likeness (QED) is 0.0320. The fourth-order valence-electron chi connectivity index (χ4n) is 10.6. The zero-order valence-electron chi connectivity index (χ0n) is 50.1. The molecule has 0 aromatic carbocycles. The molecule has 0 aliphatic rings. The SMILES string of the molecule is CCCCCCCCC/C=C\CCCCCCCCCC(=O)OCCCCCCCCCCCCCC/C=C\CCCCCCCCCCCC(=O)NC(CO)C(O)CCCCCCCCCCCCCCCC. The third kappa shape index (κ3) is 59.6. The predicted octanol–water partition coefficient (Wildman–Crippen LogP) is 21.4. The van der Waals surface area contributed by atoms with E-state index in [0.29, 0.717) is 25.9 Å². The number of esters is 1. The molecule has 0 aromatic rings. The first-order valence-electron chi connectivity index (χ1n) is 33.6. The summed E-state index contributed by atoms with van der Waals surface area (Å²) in [5.74, 6) is -0.0249. The van der Waals surface area contributed by atoms with Gasteiger partial charge in [-0.25, -0.2) is 0 Å². The number of amides is 1. The highest BCUT2D eigenvalue weighted by Gasteiger charge is 2.20. The van der Waals surface area contributed by atoms with E-state index in [1.165, 1.54) is 295 Å². The topological polar surface area (TPSA) is 95.9 Å². The first-order chi connectivity index (χ1) is 36.5. The molecule has 2 atom stereocenters. The van der Waals surface area contributed by atoms with Crippen LogP contribution in [-0.2, 0) is 14.3 Å². The van der Waals surface area contributed by atoms with Crippen LogP contribution in [0.5, 0.6) is 0 Å². The molecular weight excluding hydrogens is 911 g/mol. The van der Waals surface area contributed by atoms with E-state index in [9.17, 15) is 19.8 Å². The second-order valence-electron chi connectivity index (χ2n) is 23.1. The zero-order chi connectivity index (χ0) is 53.6. The van der Waals surface area contributed by atoms with E-state index in [4.69, 9.17) is 4.74 Å². The summed E-state index contributed by atoms with van der Waals surface area (Å²) in [6.45, 7) is 4.97. The lowest BCUT2D eigenvalue weighted by atomic mass is 10.0. The third-order valence-corrected chi connectivity index (χ3v) is 15.7. The molecule has 0 saturated carbocycles. The van der Waals surface area contributed by atoms with E-state index in [0.717, 1.165) is 44.9 Å². The van der Waals surface area contributed by atoms with E-state index in [1.54, 1.807) is 0 Å². The Hall–Kier alpha value is -1.66. The minimum absolute atomic E-state index is 0.0112. The molecule has 2 unspecified atom stereocenters. The van der Waals surface area contributed by atoms with Crippen LogP contribution in [-0.4, -0.2) is 47.4 Å². The number of nitrogens with one attached hydrogen (secondary N) is 1. The van der Waals surface area contributed by atoms with Crippen molar-refractivity contribution in [3.8, 4) is 0 Å². The van der Waals surface area contributed by atoms with E-state index in [2.05, 4.69) is 43.5 Å².